The van der Waals surface area contributed by atoms with Gasteiger partial charge < -0.3 is 5.73 Å². The van der Waals surface area contributed by atoms with Crippen LogP contribution in [0.1, 0.15) is 19.4 Å². The van der Waals surface area contributed by atoms with E-state index >= 15 is 0 Å². The van der Waals surface area contributed by atoms with Crippen LogP contribution in [0.15, 0.2) is 35.1 Å². The molecule has 0 saturated heterocycles. The molecule has 0 saturated carbocycles. The van der Waals surface area contributed by atoms with E-state index in [0.29, 0.717) is 11.3 Å². The first-order valence-electron chi connectivity index (χ1n) is 5.53. The summed E-state index contributed by atoms with van der Waals surface area (Å²) in [6.45, 7) is 3.48. The Hall–Kier alpha value is -2.01. The number of nitrogens with two attached hydrogens (primary N) is 1. The largest absolute Gasteiger partial charge is 0.322 e. The number of benzene rings is 1. The van der Waals surface area contributed by atoms with Crippen molar-refractivity contribution in [2.45, 2.75) is 19.4 Å². The summed E-state index contributed by atoms with van der Waals surface area (Å²) in [5.74, 6) is -0.317. The molecule has 0 radical (unpaired) electrons. The molecule has 0 amide bonds. The van der Waals surface area contributed by atoms with Gasteiger partial charge in [-0.3, -0.25) is 4.79 Å². The number of aromatic nitrogens is 2. The number of nitrogens with zero attached hydrogens (tertiary/aromatic N) is 1. The Kier molecular flexibility index (Phi) is 3.00. The molecule has 0 fully saturated rings. The highest BCUT2D eigenvalue weighted by Crippen LogP contribution is 2.20. The minimum Gasteiger partial charge on any atom is -0.322 e. The first-order valence-corrected chi connectivity index (χ1v) is 5.53. The minimum absolute atomic E-state index is 0.312. The Morgan fingerprint density at radius 2 is 1.89 bits per heavy atom. The average molecular weight is 247 g/mol. The smallest absolute Gasteiger partial charge is 0.269 e. The number of hydrogen-bond acceptors (Lipinski definition) is 3. The van der Waals surface area contributed by atoms with Crippen molar-refractivity contribution in [3.8, 4) is 11.3 Å². The van der Waals surface area contributed by atoms with E-state index < -0.39 is 5.54 Å². The molecule has 1 aromatic heterocycles. The van der Waals surface area contributed by atoms with Gasteiger partial charge >= 0.3 is 0 Å². The molecule has 1 heterocycles. The highest BCUT2D eigenvalue weighted by Gasteiger charge is 2.19. The summed E-state index contributed by atoms with van der Waals surface area (Å²) in [6, 6.07) is 7.52. The standard InChI is InChI=1S/C13H14FN3O/c1-13(2,15)10-7-11(16-17-12(10)18)8-3-5-9(14)6-4-8/h3-7H,15H2,1-2H3,(H,17,18). The predicted octanol–water partition coefficient (Wildman–Crippen LogP) is 1.77. The van der Waals surface area contributed by atoms with Crippen LogP contribution in [0.2, 0.25) is 0 Å². The number of hydrogen-bond donors (Lipinski definition) is 2. The highest BCUT2D eigenvalue weighted by atomic mass is 19.1. The number of halogens is 1. The summed E-state index contributed by atoms with van der Waals surface area (Å²) in [6.07, 6.45) is 0. The lowest BCUT2D eigenvalue weighted by atomic mass is 9.96. The fraction of sp³-hybridized carbons (Fsp3) is 0.231. The van der Waals surface area contributed by atoms with Crippen LogP contribution in [0.25, 0.3) is 11.3 Å². The zero-order valence-electron chi connectivity index (χ0n) is 10.2. The first kappa shape index (κ1) is 12.4. The molecule has 0 atom stereocenters. The van der Waals surface area contributed by atoms with Gasteiger partial charge in [-0.05, 0) is 44.2 Å². The van der Waals surface area contributed by atoms with E-state index in [1.54, 1.807) is 32.0 Å². The molecule has 3 N–H and O–H groups in total. The maximum atomic E-state index is 12.8. The molecule has 0 bridgehead atoms. The van der Waals surface area contributed by atoms with Crippen molar-refractivity contribution in [2.75, 3.05) is 0 Å². The zero-order valence-corrected chi connectivity index (χ0v) is 10.2. The molecule has 0 aliphatic carbocycles. The van der Waals surface area contributed by atoms with E-state index in [0.717, 1.165) is 5.56 Å². The SMILES string of the molecule is CC(C)(N)c1cc(-c2ccc(F)cc2)n[nH]c1=O. The van der Waals surface area contributed by atoms with Gasteiger partial charge in [-0.15, -0.1) is 0 Å². The second kappa shape index (κ2) is 4.34. The number of nitrogens with one attached hydrogen (secondary N) is 1. The van der Waals surface area contributed by atoms with Crippen molar-refractivity contribution in [1.29, 1.82) is 0 Å². The van der Waals surface area contributed by atoms with E-state index in [-0.39, 0.29) is 11.4 Å². The van der Waals surface area contributed by atoms with E-state index in [4.69, 9.17) is 5.73 Å². The van der Waals surface area contributed by atoms with Gasteiger partial charge in [0.25, 0.3) is 5.56 Å². The minimum atomic E-state index is -0.759. The van der Waals surface area contributed by atoms with Crippen molar-refractivity contribution < 1.29 is 4.39 Å². The van der Waals surface area contributed by atoms with Crippen LogP contribution in [-0.2, 0) is 5.54 Å². The summed E-state index contributed by atoms with van der Waals surface area (Å²) >= 11 is 0. The molecule has 0 aliphatic rings. The summed E-state index contributed by atoms with van der Waals surface area (Å²) in [4.78, 5) is 11.6. The maximum Gasteiger partial charge on any atom is 0.269 e. The molecular formula is C13H14FN3O. The van der Waals surface area contributed by atoms with Crippen molar-refractivity contribution in [3.05, 3.63) is 52.1 Å². The van der Waals surface area contributed by atoms with Crippen LogP contribution < -0.4 is 11.3 Å². The van der Waals surface area contributed by atoms with Crippen LogP contribution in [0.4, 0.5) is 4.39 Å². The summed E-state index contributed by atoms with van der Waals surface area (Å²) < 4.78 is 12.8. The molecule has 2 rings (SSSR count). The molecule has 4 nitrogen and oxygen atoms in total. The van der Waals surface area contributed by atoms with Crippen molar-refractivity contribution in [1.82, 2.24) is 10.2 Å². The number of rotatable bonds is 2. The molecule has 5 heteroatoms. The lowest BCUT2D eigenvalue weighted by Gasteiger charge is -2.18. The average Bonchev–Trinajstić information content (AvgIpc) is 2.29. The highest BCUT2D eigenvalue weighted by molar-refractivity contribution is 5.59. The fourth-order valence-electron chi connectivity index (χ4n) is 1.65. The Labute approximate surface area is 104 Å². The predicted molar refractivity (Wildman–Crippen MR) is 67.5 cm³/mol. The third kappa shape index (κ3) is 2.46. The molecule has 0 spiro atoms. The third-order valence-electron chi connectivity index (χ3n) is 2.64. The van der Waals surface area contributed by atoms with E-state index in [1.165, 1.54) is 12.1 Å². The Balaban J connectivity index is 2.54. The second-order valence-electron chi connectivity index (χ2n) is 4.72. The van der Waals surface area contributed by atoms with Crippen LogP contribution in [0.5, 0.6) is 0 Å². The molecule has 2 aromatic rings. The van der Waals surface area contributed by atoms with Gasteiger partial charge in [0.15, 0.2) is 0 Å². The number of H-pyrrole nitrogens is 1. The van der Waals surface area contributed by atoms with E-state index in [1.807, 2.05) is 0 Å². The first-order chi connectivity index (χ1) is 8.38. The second-order valence-corrected chi connectivity index (χ2v) is 4.72. The molecule has 94 valence electrons. The van der Waals surface area contributed by atoms with Crippen LogP contribution in [0, 0.1) is 5.82 Å². The van der Waals surface area contributed by atoms with Gasteiger partial charge in [-0.25, -0.2) is 9.49 Å². The zero-order chi connectivity index (χ0) is 13.3. The maximum absolute atomic E-state index is 12.8. The van der Waals surface area contributed by atoms with Gasteiger partial charge in [0.2, 0.25) is 0 Å². The lowest BCUT2D eigenvalue weighted by Crippen LogP contribution is -2.35. The summed E-state index contributed by atoms with van der Waals surface area (Å²) in [5, 5.41) is 6.35. The fourth-order valence-corrected chi connectivity index (χ4v) is 1.65. The van der Waals surface area contributed by atoms with Crippen molar-refractivity contribution in [2.24, 2.45) is 5.73 Å². The molecule has 1 aromatic carbocycles. The summed E-state index contributed by atoms with van der Waals surface area (Å²) in [7, 11) is 0. The lowest BCUT2D eigenvalue weighted by molar-refractivity contribution is 0.544. The molecule has 0 aliphatic heterocycles. The van der Waals surface area contributed by atoms with Gasteiger partial charge in [-0.2, -0.15) is 5.10 Å². The van der Waals surface area contributed by atoms with Crippen LogP contribution >= 0.6 is 0 Å². The normalized spacial score (nSPS) is 11.6. The molecule has 0 unspecified atom stereocenters. The molecule has 18 heavy (non-hydrogen) atoms. The monoisotopic (exact) mass is 247 g/mol. The van der Waals surface area contributed by atoms with Crippen LogP contribution in [0.3, 0.4) is 0 Å². The third-order valence-corrected chi connectivity index (χ3v) is 2.64. The Morgan fingerprint density at radius 1 is 1.28 bits per heavy atom. The summed E-state index contributed by atoms with van der Waals surface area (Å²) in [5.41, 5.74) is 6.57. The van der Waals surface area contributed by atoms with Gasteiger partial charge in [0, 0.05) is 16.7 Å². The number of aromatic amines is 1. The van der Waals surface area contributed by atoms with Crippen LogP contribution in [-0.4, -0.2) is 10.2 Å². The van der Waals surface area contributed by atoms with E-state index in [9.17, 15) is 9.18 Å². The van der Waals surface area contributed by atoms with Gasteiger partial charge in [0.1, 0.15) is 5.82 Å². The van der Waals surface area contributed by atoms with E-state index in [2.05, 4.69) is 10.2 Å². The Bertz CT molecular complexity index is 611. The van der Waals surface area contributed by atoms with Gasteiger partial charge in [0.05, 0.1) is 5.69 Å². The Morgan fingerprint density at radius 3 is 2.44 bits per heavy atom. The topological polar surface area (TPSA) is 71.8 Å². The van der Waals surface area contributed by atoms with Gasteiger partial charge in [-0.1, -0.05) is 0 Å². The van der Waals surface area contributed by atoms with Crippen molar-refractivity contribution >= 4 is 0 Å². The quantitative estimate of drug-likeness (QED) is 0.849. The van der Waals surface area contributed by atoms with Crippen molar-refractivity contribution in [3.63, 3.8) is 0 Å². The molecular weight excluding hydrogens is 233 g/mol.